The molecule has 0 radical (unpaired) electrons. The minimum atomic E-state index is -3.94. The molecule has 0 unspecified atom stereocenters. The summed E-state index contributed by atoms with van der Waals surface area (Å²) in [5.74, 6) is 0.112. The Bertz CT molecular complexity index is 818. The number of hydrogen-bond acceptors (Lipinski definition) is 5. The fraction of sp³-hybridized carbons (Fsp3) is 0.0769. The van der Waals surface area contributed by atoms with Crippen molar-refractivity contribution in [3.8, 4) is 11.8 Å². The van der Waals surface area contributed by atoms with Crippen molar-refractivity contribution in [1.29, 1.82) is 5.26 Å². The first kappa shape index (κ1) is 15.8. The Morgan fingerprint density at radius 1 is 1.38 bits per heavy atom. The van der Waals surface area contributed by atoms with Crippen LogP contribution in [0.4, 0.5) is 0 Å². The van der Waals surface area contributed by atoms with Gasteiger partial charge in [-0.05, 0) is 24.3 Å². The smallest absolute Gasteiger partial charge is 0.265 e. The summed E-state index contributed by atoms with van der Waals surface area (Å²) < 4.78 is 29.1. The van der Waals surface area contributed by atoms with Crippen LogP contribution in [0.2, 0.25) is 0 Å². The topological polar surface area (TPSA) is 80.0 Å². The summed E-state index contributed by atoms with van der Waals surface area (Å²) in [6.45, 7) is 0.0117. The summed E-state index contributed by atoms with van der Waals surface area (Å²) in [5, 5.41) is 8.94. The van der Waals surface area contributed by atoms with Gasteiger partial charge in [0, 0.05) is 26.9 Å². The molecule has 108 valence electrons. The van der Waals surface area contributed by atoms with E-state index in [1.165, 1.54) is 18.3 Å². The minimum absolute atomic E-state index is 0.0117. The van der Waals surface area contributed by atoms with Crippen molar-refractivity contribution in [3.63, 3.8) is 0 Å². The predicted octanol–water partition coefficient (Wildman–Crippen LogP) is 3.22. The second kappa shape index (κ2) is 6.43. The van der Waals surface area contributed by atoms with Crippen LogP contribution in [0, 0.1) is 11.3 Å². The van der Waals surface area contributed by atoms with Crippen LogP contribution in [0.5, 0.6) is 5.75 Å². The lowest BCUT2D eigenvalue weighted by molar-refractivity contribution is 0.297. The second-order valence-corrected chi connectivity index (χ2v) is 7.39. The van der Waals surface area contributed by atoms with Gasteiger partial charge in [0.15, 0.2) is 0 Å². The Labute approximate surface area is 134 Å². The lowest BCUT2D eigenvalue weighted by Gasteiger charge is -2.10. The number of ether oxygens (including phenoxy) is 1. The molecule has 1 aromatic heterocycles. The molecule has 5 nitrogen and oxygen atoms in total. The lowest BCUT2D eigenvalue weighted by atomic mass is 10.2. The van der Waals surface area contributed by atoms with Gasteiger partial charge >= 0.3 is 0 Å². The maximum absolute atomic E-state index is 11.5. The number of nitrogens with zero attached hydrogens (tertiary/aromatic N) is 2. The van der Waals surface area contributed by atoms with Crippen LogP contribution in [0.3, 0.4) is 0 Å². The quantitative estimate of drug-likeness (QED) is 0.753. The molecule has 8 heteroatoms. The summed E-state index contributed by atoms with van der Waals surface area (Å²) in [6.07, 6.45) is 1.50. The average Bonchev–Trinajstić information content (AvgIpc) is 2.45. The molecule has 2 rings (SSSR count). The van der Waals surface area contributed by atoms with Gasteiger partial charge in [0.25, 0.3) is 9.05 Å². The van der Waals surface area contributed by atoms with Crippen LogP contribution < -0.4 is 4.74 Å². The number of rotatable bonds is 4. The summed E-state index contributed by atoms with van der Waals surface area (Å²) in [4.78, 5) is 3.76. The zero-order valence-corrected chi connectivity index (χ0v) is 13.6. The Morgan fingerprint density at radius 3 is 2.81 bits per heavy atom. The molecule has 0 atom stereocenters. The third-order valence-electron chi connectivity index (χ3n) is 2.55. The fourth-order valence-corrected chi connectivity index (χ4v) is 3.11. The third kappa shape index (κ3) is 3.94. The molecular weight excluding hydrogens is 380 g/mol. The van der Waals surface area contributed by atoms with Crippen molar-refractivity contribution < 1.29 is 13.2 Å². The molecule has 0 N–H and O–H groups in total. The summed E-state index contributed by atoms with van der Waals surface area (Å²) in [5.41, 5.74) is 0.783. The number of nitriles is 1. The van der Waals surface area contributed by atoms with Gasteiger partial charge in [-0.25, -0.2) is 13.4 Å². The normalized spacial score (nSPS) is 10.9. The van der Waals surface area contributed by atoms with Gasteiger partial charge in [0.05, 0.1) is 0 Å². The Balaban J connectivity index is 2.31. The van der Waals surface area contributed by atoms with E-state index in [4.69, 9.17) is 20.7 Å². The zero-order chi connectivity index (χ0) is 15.5. The zero-order valence-electron chi connectivity index (χ0n) is 10.5. The van der Waals surface area contributed by atoms with E-state index in [-0.39, 0.29) is 22.9 Å². The molecule has 0 aliphatic heterocycles. The molecule has 0 saturated carbocycles. The Hall–Kier alpha value is -1.62. The molecular formula is C13H8BrClN2O3S. The lowest BCUT2D eigenvalue weighted by Crippen LogP contribution is -2.03. The van der Waals surface area contributed by atoms with Crippen LogP contribution in [0.1, 0.15) is 11.3 Å². The van der Waals surface area contributed by atoms with Crippen LogP contribution in [0.25, 0.3) is 0 Å². The van der Waals surface area contributed by atoms with E-state index < -0.39 is 9.05 Å². The number of aromatic nitrogens is 1. The van der Waals surface area contributed by atoms with Crippen molar-refractivity contribution in [3.05, 3.63) is 52.3 Å². The number of pyridine rings is 1. The number of benzene rings is 1. The molecule has 0 aliphatic carbocycles. The van der Waals surface area contributed by atoms with Crippen molar-refractivity contribution in [2.24, 2.45) is 0 Å². The van der Waals surface area contributed by atoms with Gasteiger partial charge in [0.2, 0.25) is 0 Å². The number of hydrogen-bond donors (Lipinski definition) is 0. The van der Waals surface area contributed by atoms with Crippen LogP contribution >= 0.6 is 26.6 Å². The first-order valence-electron chi connectivity index (χ1n) is 5.63. The van der Waals surface area contributed by atoms with Gasteiger partial charge in [-0.3, -0.25) is 0 Å². The van der Waals surface area contributed by atoms with E-state index in [2.05, 4.69) is 20.9 Å². The van der Waals surface area contributed by atoms with E-state index in [1.807, 2.05) is 6.07 Å². The van der Waals surface area contributed by atoms with Gasteiger partial charge < -0.3 is 4.74 Å². The molecule has 1 heterocycles. The van der Waals surface area contributed by atoms with Crippen molar-refractivity contribution in [2.75, 3.05) is 0 Å². The largest absolute Gasteiger partial charge is 0.487 e. The molecule has 0 fully saturated rings. The van der Waals surface area contributed by atoms with Gasteiger partial charge in [-0.1, -0.05) is 22.0 Å². The van der Waals surface area contributed by atoms with Crippen LogP contribution in [-0.4, -0.2) is 13.4 Å². The standard InChI is InChI=1S/C13H8BrClN2O3S/c14-10-3-4-12(13(6-10)21(15,18)19)20-8-9-2-1-5-17-11(9)7-16/h1-6H,8H2. The summed E-state index contributed by atoms with van der Waals surface area (Å²) >= 11 is 3.18. The van der Waals surface area contributed by atoms with E-state index in [1.54, 1.807) is 18.2 Å². The van der Waals surface area contributed by atoms with Gasteiger partial charge in [-0.2, -0.15) is 5.26 Å². The highest BCUT2D eigenvalue weighted by atomic mass is 79.9. The second-order valence-electron chi connectivity index (χ2n) is 3.94. The first-order valence-corrected chi connectivity index (χ1v) is 8.73. The molecule has 0 saturated heterocycles. The number of halogens is 2. The van der Waals surface area contributed by atoms with Crippen molar-refractivity contribution in [1.82, 2.24) is 4.98 Å². The fourth-order valence-electron chi connectivity index (χ4n) is 1.60. The maximum atomic E-state index is 11.5. The average molecular weight is 388 g/mol. The summed E-state index contributed by atoms with van der Waals surface area (Å²) in [7, 11) is 1.44. The minimum Gasteiger partial charge on any atom is -0.487 e. The van der Waals surface area contributed by atoms with E-state index >= 15 is 0 Å². The molecule has 0 bridgehead atoms. The van der Waals surface area contributed by atoms with Crippen molar-refractivity contribution >= 4 is 35.7 Å². The first-order chi connectivity index (χ1) is 9.91. The predicted molar refractivity (Wildman–Crippen MR) is 80.5 cm³/mol. The van der Waals surface area contributed by atoms with Crippen LogP contribution in [0.15, 0.2) is 45.9 Å². The van der Waals surface area contributed by atoms with E-state index in [0.717, 1.165) is 0 Å². The highest BCUT2D eigenvalue weighted by molar-refractivity contribution is 9.10. The highest BCUT2D eigenvalue weighted by Gasteiger charge is 2.18. The monoisotopic (exact) mass is 386 g/mol. The molecule has 2 aromatic rings. The molecule has 0 spiro atoms. The van der Waals surface area contributed by atoms with E-state index in [0.29, 0.717) is 10.0 Å². The maximum Gasteiger partial charge on any atom is 0.265 e. The molecule has 1 aromatic carbocycles. The molecule has 0 amide bonds. The van der Waals surface area contributed by atoms with E-state index in [9.17, 15) is 8.42 Å². The molecule has 0 aliphatic rings. The Kier molecular flexibility index (Phi) is 4.83. The van der Waals surface area contributed by atoms with Gasteiger partial charge in [0.1, 0.15) is 29.0 Å². The molecule has 21 heavy (non-hydrogen) atoms. The van der Waals surface area contributed by atoms with Crippen LogP contribution in [-0.2, 0) is 15.7 Å². The van der Waals surface area contributed by atoms with Crippen molar-refractivity contribution in [2.45, 2.75) is 11.5 Å². The third-order valence-corrected chi connectivity index (χ3v) is 4.39. The SMILES string of the molecule is N#Cc1ncccc1COc1ccc(Br)cc1S(=O)(=O)Cl. The highest BCUT2D eigenvalue weighted by Crippen LogP contribution is 2.30. The summed E-state index contributed by atoms with van der Waals surface area (Å²) in [6, 6.07) is 9.77. The van der Waals surface area contributed by atoms with Gasteiger partial charge in [-0.15, -0.1) is 0 Å². The Morgan fingerprint density at radius 2 is 2.14 bits per heavy atom.